The summed E-state index contributed by atoms with van der Waals surface area (Å²) >= 11 is 0. The molecule has 1 unspecified atom stereocenters. The number of nitrogens with one attached hydrogen (secondary N) is 1. The van der Waals surface area contributed by atoms with Crippen molar-refractivity contribution in [3.05, 3.63) is 64.5 Å². The van der Waals surface area contributed by atoms with Crippen molar-refractivity contribution < 1.29 is 4.39 Å². The number of benzene rings is 2. The highest BCUT2D eigenvalue weighted by Crippen LogP contribution is 2.34. The Labute approximate surface area is 113 Å². The average molecular weight is 255 g/mol. The van der Waals surface area contributed by atoms with E-state index in [9.17, 15) is 4.39 Å². The highest BCUT2D eigenvalue weighted by Gasteiger charge is 2.22. The van der Waals surface area contributed by atoms with Gasteiger partial charge in [-0.05, 0) is 61.6 Å². The summed E-state index contributed by atoms with van der Waals surface area (Å²) in [7, 11) is 0. The van der Waals surface area contributed by atoms with Gasteiger partial charge in [0.15, 0.2) is 0 Å². The third kappa shape index (κ3) is 2.35. The second-order valence-corrected chi connectivity index (χ2v) is 5.40. The van der Waals surface area contributed by atoms with Crippen molar-refractivity contribution in [3.8, 4) is 0 Å². The Bertz CT molecular complexity index is 619. The maximum absolute atomic E-state index is 13.3. The van der Waals surface area contributed by atoms with Crippen LogP contribution < -0.4 is 5.32 Å². The van der Waals surface area contributed by atoms with Gasteiger partial charge < -0.3 is 5.32 Å². The number of hydrogen-bond acceptors (Lipinski definition) is 1. The minimum absolute atomic E-state index is 0.145. The molecule has 1 nitrogen and oxygen atoms in total. The minimum Gasteiger partial charge on any atom is -0.378 e. The van der Waals surface area contributed by atoms with Crippen molar-refractivity contribution in [2.24, 2.45) is 0 Å². The van der Waals surface area contributed by atoms with Crippen LogP contribution in [0.4, 0.5) is 10.1 Å². The second-order valence-electron chi connectivity index (χ2n) is 5.40. The van der Waals surface area contributed by atoms with Crippen molar-refractivity contribution in [2.45, 2.75) is 32.7 Å². The molecule has 0 fully saturated rings. The van der Waals surface area contributed by atoms with Crippen molar-refractivity contribution >= 4 is 5.69 Å². The first-order valence-corrected chi connectivity index (χ1v) is 6.75. The fourth-order valence-electron chi connectivity index (χ4n) is 2.81. The lowest BCUT2D eigenvalue weighted by Crippen LogP contribution is -2.07. The lowest BCUT2D eigenvalue weighted by molar-refractivity contribution is 0.618. The van der Waals surface area contributed by atoms with E-state index in [1.807, 2.05) is 12.1 Å². The second kappa shape index (κ2) is 4.69. The van der Waals surface area contributed by atoms with E-state index in [0.29, 0.717) is 11.6 Å². The van der Waals surface area contributed by atoms with Crippen molar-refractivity contribution in [3.63, 3.8) is 0 Å². The van der Waals surface area contributed by atoms with Gasteiger partial charge in [-0.1, -0.05) is 23.8 Å². The summed E-state index contributed by atoms with van der Waals surface area (Å²) in [5.41, 5.74) is 5.80. The van der Waals surface area contributed by atoms with Gasteiger partial charge in [-0.15, -0.1) is 0 Å². The molecular formula is C17H18FN. The summed E-state index contributed by atoms with van der Waals surface area (Å²) in [6.07, 6.45) is 2.22. The van der Waals surface area contributed by atoms with E-state index in [2.05, 4.69) is 30.4 Å². The number of aryl methyl sites for hydroxylation is 3. The lowest BCUT2D eigenvalue weighted by Gasteiger charge is -2.16. The lowest BCUT2D eigenvalue weighted by atomic mass is 10.0. The van der Waals surface area contributed by atoms with Crippen molar-refractivity contribution in [2.75, 3.05) is 5.32 Å². The van der Waals surface area contributed by atoms with Gasteiger partial charge in [0.2, 0.25) is 0 Å². The molecule has 0 spiro atoms. The van der Waals surface area contributed by atoms with Crippen LogP contribution in [-0.4, -0.2) is 0 Å². The zero-order valence-electron chi connectivity index (χ0n) is 11.3. The van der Waals surface area contributed by atoms with E-state index in [0.717, 1.165) is 18.5 Å². The van der Waals surface area contributed by atoms with Crippen LogP contribution >= 0.6 is 0 Å². The largest absolute Gasteiger partial charge is 0.378 e. The molecule has 98 valence electrons. The summed E-state index contributed by atoms with van der Waals surface area (Å²) in [6.45, 7) is 3.92. The van der Waals surface area contributed by atoms with Crippen LogP contribution in [0.3, 0.4) is 0 Å². The molecular weight excluding hydrogens is 237 g/mol. The SMILES string of the molecule is Cc1ccc2c(c1)C(Nc1ccc(F)c(C)c1)CC2. The topological polar surface area (TPSA) is 12.0 Å². The molecule has 2 heteroatoms. The molecule has 1 N–H and O–H groups in total. The third-order valence-electron chi connectivity index (χ3n) is 3.88. The fourth-order valence-corrected chi connectivity index (χ4v) is 2.81. The van der Waals surface area contributed by atoms with E-state index in [1.54, 1.807) is 6.92 Å². The van der Waals surface area contributed by atoms with Gasteiger partial charge in [-0.25, -0.2) is 4.39 Å². The zero-order chi connectivity index (χ0) is 13.4. The smallest absolute Gasteiger partial charge is 0.126 e. The number of fused-ring (bicyclic) bond motifs is 1. The normalized spacial score (nSPS) is 17.3. The minimum atomic E-state index is -0.145. The monoisotopic (exact) mass is 255 g/mol. The molecule has 1 atom stereocenters. The molecule has 0 aromatic heterocycles. The van der Waals surface area contributed by atoms with Crippen LogP contribution in [0.25, 0.3) is 0 Å². The molecule has 3 rings (SSSR count). The standard InChI is InChI=1S/C17H18FN/c1-11-3-4-13-5-8-17(15(13)9-11)19-14-6-7-16(18)12(2)10-14/h3-4,6-7,9-10,17,19H,5,8H2,1-2H3. The summed E-state index contributed by atoms with van der Waals surface area (Å²) in [5, 5.41) is 3.53. The summed E-state index contributed by atoms with van der Waals surface area (Å²) in [6, 6.07) is 12.2. The zero-order valence-corrected chi connectivity index (χ0v) is 11.3. The van der Waals surface area contributed by atoms with Gasteiger partial charge >= 0.3 is 0 Å². The molecule has 0 radical (unpaired) electrons. The molecule has 1 aliphatic rings. The predicted molar refractivity (Wildman–Crippen MR) is 77.0 cm³/mol. The molecule has 0 aliphatic heterocycles. The van der Waals surface area contributed by atoms with E-state index < -0.39 is 0 Å². The van der Waals surface area contributed by atoms with Gasteiger partial charge in [0.1, 0.15) is 5.82 Å². The van der Waals surface area contributed by atoms with Crippen molar-refractivity contribution in [1.82, 2.24) is 0 Å². The Morgan fingerprint density at radius 3 is 2.74 bits per heavy atom. The maximum atomic E-state index is 13.3. The van der Waals surface area contributed by atoms with E-state index >= 15 is 0 Å². The highest BCUT2D eigenvalue weighted by molar-refractivity contribution is 5.50. The van der Waals surface area contributed by atoms with Crippen LogP contribution in [0.15, 0.2) is 36.4 Å². The fraction of sp³-hybridized carbons (Fsp3) is 0.294. The van der Waals surface area contributed by atoms with Crippen LogP contribution in [0.1, 0.15) is 34.7 Å². The Morgan fingerprint density at radius 1 is 1.11 bits per heavy atom. The molecule has 19 heavy (non-hydrogen) atoms. The number of anilines is 1. The van der Waals surface area contributed by atoms with Gasteiger partial charge in [0.05, 0.1) is 6.04 Å². The molecule has 0 bridgehead atoms. The van der Waals surface area contributed by atoms with Crippen LogP contribution in [0.5, 0.6) is 0 Å². The van der Waals surface area contributed by atoms with Crippen molar-refractivity contribution in [1.29, 1.82) is 0 Å². The highest BCUT2D eigenvalue weighted by atomic mass is 19.1. The number of halogens is 1. The van der Waals surface area contributed by atoms with E-state index in [4.69, 9.17) is 0 Å². The van der Waals surface area contributed by atoms with E-state index in [-0.39, 0.29) is 5.82 Å². The Hall–Kier alpha value is -1.83. The van der Waals surface area contributed by atoms with Crippen LogP contribution in [0.2, 0.25) is 0 Å². The number of hydrogen-bond donors (Lipinski definition) is 1. The first-order valence-electron chi connectivity index (χ1n) is 6.75. The first kappa shape index (κ1) is 12.2. The molecule has 0 saturated carbocycles. The molecule has 0 amide bonds. The predicted octanol–water partition coefficient (Wildman–Crippen LogP) is 4.54. The molecule has 0 heterocycles. The molecule has 0 saturated heterocycles. The molecule has 2 aromatic carbocycles. The first-order chi connectivity index (χ1) is 9.13. The van der Waals surface area contributed by atoms with Gasteiger partial charge in [0, 0.05) is 5.69 Å². The van der Waals surface area contributed by atoms with Gasteiger partial charge in [0.25, 0.3) is 0 Å². The molecule has 1 aliphatic carbocycles. The Kier molecular flexibility index (Phi) is 3.02. The Balaban J connectivity index is 1.86. The summed E-state index contributed by atoms with van der Waals surface area (Å²) in [5.74, 6) is -0.145. The van der Waals surface area contributed by atoms with Crippen LogP contribution in [0, 0.1) is 19.7 Å². The van der Waals surface area contributed by atoms with Gasteiger partial charge in [-0.3, -0.25) is 0 Å². The van der Waals surface area contributed by atoms with Gasteiger partial charge in [-0.2, -0.15) is 0 Å². The molecule has 2 aromatic rings. The maximum Gasteiger partial charge on any atom is 0.126 e. The number of rotatable bonds is 2. The van der Waals surface area contributed by atoms with Crippen LogP contribution in [-0.2, 0) is 6.42 Å². The van der Waals surface area contributed by atoms with E-state index in [1.165, 1.54) is 22.8 Å². The quantitative estimate of drug-likeness (QED) is 0.830. The third-order valence-corrected chi connectivity index (χ3v) is 3.88. The average Bonchev–Trinajstić information content (AvgIpc) is 2.77. The Morgan fingerprint density at radius 2 is 1.95 bits per heavy atom. The summed E-state index contributed by atoms with van der Waals surface area (Å²) < 4.78 is 13.3. The summed E-state index contributed by atoms with van der Waals surface area (Å²) in [4.78, 5) is 0.